The van der Waals surface area contributed by atoms with E-state index < -0.39 is 0 Å². The Bertz CT molecular complexity index is 1250. The number of para-hydroxylation sites is 1. The molecule has 2 heterocycles. The normalized spacial score (nSPS) is 17.7. The summed E-state index contributed by atoms with van der Waals surface area (Å²) >= 11 is 0. The minimum Gasteiger partial charge on any atom is -0.350 e. The third-order valence-corrected chi connectivity index (χ3v) is 7.62. The van der Waals surface area contributed by atoms with Gasteiger partial charge in [0.25, 0.3) is 5.91 Å². The molecule has 5 rings (SSSR count). The quantitative estimate of drug-likeness (QED) is 0.450. The highest BCUT2D eigenvalue weighted by Crippen LogP contribution is 2.35. The van der Waals surface area contributed by atoms with Gasteiger partial charge in [-0.15, -0.1) is 0 Å². The summed E-state index contributed by atoms with van der Waals surface area (Å²) in [4.78, 5) is 34.4. The number of halogens is 1. The molecule has 1 fully saturated rings. The molecule has 2 amide bonds. The van der Waals surface area contributed by atoms with Gasteiger partial charge in [0.2, 0.25) is 5.91 Å². The number of aromatic nitrogens is 1. The zero-order chi connectivity index (χ0) is 25.1. The van der Waals surface area contributed by atoms with Gasteiger partial charge in [-0.2, -0.15) is 0 Å². The number of nitrogens with zero attached hydrogens (tertiary/aromatic N) is 2. The summed E-state index contributed by atoms with van der Waals surface area (Å²) in [7, 11) is 0. The molecular formula is C30H36FN3O2. The van der Waals surface area contributed by atoms with Gasteiger partial charge >= 0.3 is 0 Å². The van der Waals surface area contributed by atoms with E-state index in [4.69, 9.17) is 0 Å². The van der Waals surface area contributed by atoms with E-state index in [1.165, 1.54) is 12.1 Å². The minimum absolute atomic E-state index is 0.0618. The molecule has 0 radical (unpaired) electrons. The Kier molecular flexibility index (Phi) is 7.40. The fraction of sp³-hybridized carbons (Fsp3) is 0.467. The molecule has 2 aliphatic rings. The second-order valence-electron chi connectivity index (χ2n) is 10.3. The van der Waals surface area contributed by atoms with Crippen molar-refractivity contribution in [3.63, 3.8) is 0 Å². The Labute approximate surface area is 212 Å². The third kappa shape index (κ3) is 5.18. The number of nitrogens with one attached hydrogen (secondary N) is 1. The van der Waals surface area contributed by atoms with Gasteiger partial charge in [0.1, 0.15) is 11.5 Å². The molecule has 1 N–H and O–H groups in total. The van der Waals surface area contributed by atoms with E-state index in [-0.39, 0.29) is 23.5 Å². The second kappa shape index (κ2) is 10.9. The minimum atomic E-state index is -0.299. The molecule has 0 atom stereocenters. The van der Waals surface area contributed by atoms with Gasteiger partial charge in [-0.05, 0) is 67.5 Å². The highest BCUT2D eigenvalue weighted by Gasteiger charge is 2.35. The van der Waals surface area contributed by atoms with Crippen LogP contribution in [-0.4, -0.2) is 34.8 Å². The van der Waals surface area contributed by atoms with E-state index in [0.717, 1.165) is 85.6 Å². The summed E-state index contributed by atoms with van der Waals surface area (Å²) in [5.74, 6) is 0.00608. The maximum absolute atomic E-state index is 14.0. The van der Waals surface area contributed by atoms with Crippen molar-refractivity contribution in [3.8, 4) is 0 Å². The number of anilines is 1. The number of benzene rings is 2. The van der Waals surface area contributed by atoms with E-state index >= 15 is 0 Å². The topological polar surface area (TPSA) is 56.4 Å². The van der Waals surface area contributed by atoms with Crippen molar-refractivity contribution in [3.05, 3.63) is 65.1 Å². The molecule has 0 spiro atoms. The van der Waals surface area contributed by atoms with E-state index in [1.54, 1.807) is 6.07 Å². The first-order valence-corrected chi connectivity index (χ1v) is 13.6. The first kappa shape index (κ1) is 24.5. The summed E-state index contributed by atoms with van der Waals surface area (Å²) in [5, 5.41) is 0.772. The molecular weight excluding hydrogens is 453 g/mol. The van der Waals surface area contributed by atoms with Crippen LogP contribution in [0.4, 0.5) is 10.1 Å². The van der Waals surface area contributed by atoms with Crippen molar-refractivity contribution in [2.75, 3.05) is 18.0 Å². The number of aryl methyl sites for hydroxylation is 1. The number of rotatable bonds is 3. The van der Waals surface area contributed by atoms with Gasteiger partial charge in [-0.25, -0.2) is 4.39 Å². The van der Waals surface area contributed by atoms with Crippen LogP contribution in [0.15, 0.2) is 42.5 Å². The van der Waals surface area contributed by atoms with Crippen LogP contribution in [0.2, 0.25) is 0 Å². The molecule has 1 saturated carbocycles. The number of carbonyl (C=O) groups is 2. The molecule has 5 nitrogen and oxygen atoms in total. The van der Waals surface area contributed by atoms with Crippen molar-refractivity contribution in [2.45, 2.75) is 71.3 Å². The Hall–Kier alpha value is -3.15. The molecule has 36 heavy (non-hydrogen) atoms. The highest BCUT2D eigenvalue weighted by molar-refractivity contribution is 6.01. The van der Waals surface area contributed by atoms with Crippen molar-refractivity contribution >= 4 is 28.4 Å². The Balaban J connectivity index is 1.51. The van der Waals surface area contributed by atoms with E-state index in [1.807, 2.05) is 41.0 Å². The van der Waals surface area contributed by atoms with Crippen LogP contribution in [0.25, 0.3) is 10.9 Å². The number of hydrogen-bond donors (Lipinski definition) is 1. The Morgan fingerprint density at radius 3 is 2.44 bits per heavy atom. The zero-order valence-corrected chi connectivity index (χ0v) is 21.2. The van der Waals surface area contributed by atoms with E-state index in [2.05, 4.69) is 4.98 Å². The molecule has 1 aliphatic carbocycles. The molecule has 1 aromatic heterocycles. The molecule has 0 bridgehead atoms. The Morgan fingerprint density at radius 1 is 0.972 bits per heavy atom. The van der Waals surface area contributed by atoms with Crippen LogP contribution in [0.5, 0.6) is 0 Å². The van der Waals surface area contributed by atoms with Gasteiger partial charge in [-0.1, -0.05) is 50.8 Å². The van der Waals surface area contributed by atoms with Crippen molar-refractivity contribution in [2.24, 2.45) is 5.92 Å². The number of fused-ring (bicyclic) bond motifs is 2. The summed E-state index contributed by atoms with van der Waals surface area (Å²) in [6.07, 6.45) is 9.01. The van der Waals surface area contributed by atoms with Crippen LogP contribution in [0, 0.1) is 11.7 Å². The average molecular weight is 490 g/mol. The molecule has 1 aliphatic heterocycles. The van der Waals surface area contributed by atoms with Gasteiger partial charge in [0.15, 0.2) is 0 Å². The lowest BCUT2D eigenvalue weighted by Crippen LogP contribution is -2.36. The monoisotopic (exact) mass is 489 g/mol. The lowest BCUT2D eigenvalue weighted by atomic mass is 10.1. The third-order valence-electron chi connectivity index (χ3n) is 7.62. The molecule has 0 saturated heterocycles. The number of amides is 2. The van der Waals surface area contributed by atoms with Crippen molar-refractivity contribution in [1.82, 2.24) is 9.88 Å². The van der Waals surface area contributed by atoms with E-state index in [9.17, 15) is 14.0 Å². The first-order valence-electron chi connectivity index (χ1n) is 13.6. The zero-order valence-electron chi connectivity index (χ0n) is 21.2. The Morgan fingerprint density at radius 2 is 1.69 bits per heavy atom. The fourth-order valence-corrected chi connectivity index (χ4v) is 5.47. The van der Waals surface area contributed by atoms with Crippen LogP contribution in [0.3, 0.4) is 0 Å². The van der Waals surface area contributed by atoms with Gasteiger partial charge in [-0.3, -0.25) is 9.59 Å². The first-order chi connectivity index (χ1) is 17.6. The largest absolute Gasteiger partial charge is 0.350 e. The lowest BCUT2D eigenvalue weighted by Gasteiger charge is -2.28. The predicted molar refractivity (Wildman–Crippen MR) is 142 cm³/mol. The maximum atomic E-state index is 14.0. The number of hydrogen-bond acceptors (Lipinski definition) is 2. The van der Waals surface area contributed by atoms with Crippen LogP contribution in [0.1, 0.15) is 79.9 Å². The average Bonchev–Trinajstić information content (AvgIpc) is 3.67. The predicted octanol–water partition coefficient (Wildman–Crippen LogP) is 6.61. The second-order valence-corrected chi connectivity index (χ2v) is 10.3. The van der Waals surface area contributed by atoms with Gasteiger partial charge < -0.3 is 14.8 Å². The lowest BCUT2D eigenvalue weighted by molar-refractivity contribution is -0.119. The van der Waals surface area contributed by atoms with Crippen molar-refractivity contribution < 1.29 is 14.0 Å². The SMILES string of the molecule is CCc1c(C(=O)N2CCCCCCCCN(C(=O)C3CC3)c3ccccc3C2)[nH]c2ccc(F)cc12. The smallest absolute Gasteiger partial charge is 0.270 e. The summed E-state index contributed by atoms with van der Waals surface area (Å²) in [5.41, 5.74) is 4.12. The fourth-order valence-electron chi connectivity index (χ4n) is 5.47. The van der Waals surface area contributed by atoms with Crippen LogP contribution < -0.4 is 4.90 Å². The van der Waals surface area contributed by atoms with Crippen LogP contribution >= 0.6 is 0 Å². The number of aromatic amines is 1. The van der Waals surface area contributed by atoms with E-state index in [0.29, 0.717) is 25.2 Å². The van der Waals surface area contributed by atoms with Gasteiger partial charge in [0.05, 0.1) is 0 Å². The molecule has 0 unspecified atom stereocenters. The molecule has 2 aromatic carbocycles. The number of carbonyl (C=O) groups excluding carboxylic acids is 2. The summed E-state index contributed by atoms with van der Waals surface area (Å²) in [6.45, 7) is 3.82. The molecule has 3 aromatic rings. The van der Waals surface area contributed by atoms with Crippen molar-refractivity contribution in [1.29, 1.82) is 0 Å². The molecule has 6 heteroatoms. The van der Waals surface area contributed by atoms with Crippen LogP contribution in [-0.2, 0) is 17.8 Å². The highest BCUT2D eigenvalue weighted by atomic mass is 19.1. The summed E-state index contributed by atoms with van der Waals surface area (Å²) < 4.78 is 14.0. The number of H-pyrrole nitrogens is 1. The standard InChI is InChI=1S/C30H36FN3O2/c1-2-24-25-19-23(31)15-16-26(25)32-28(24)30(36)33-17-9-5-3-4-6-10-18-34(29(35)21-13-14-21)27-12-8-7-11-22(27)20-33/h7-8,11-12,15-16,19,21,32H,2-6,9-10,13-14,17-18,20H2,1H3. The summed E-state index contributed by atoms with van der Waals surface area (Å²) in [6, 6.07) is 12.7. The molecule has 190 valence electrons. The maximum Gasteiger partial charge on any atom is 0.270 e. The van der Waals surface area contributed by atoms with Gasteiger partial charge in [0, 0.05) is 42.1 Å².